The third-order valence-corrected chi connectivity index (χ3v) is 3.55. The van der Waals surface area contributed by atoms with E-state index in [1.807, 2.05) is 5.38 Å². The molecule has 0 aliphatic carbocycles. The van der Waals surface area contributed by atoms with Crippen LogP contribution in [0.4, 0.5) is 4.39 Å². The van der Waals surface area contributed by atoms with Gasteiger partial charge in [-0.25, -0.2) is 9.37 Å². The van der Waals surface area contributed by atoms with Crippen molar-refractivity contribution >= 4 is 38.9 Å². The Bertz CT molecular complexity index is 472. The number of rotatable bonds is 1. The van der Waals surface area contributed by atoms with Crippen LogP contribution in [0.25, 0.3) is 10.6 Å². The fourth-order valence-corrected chi connectivity index (χ4v) is 2.59. The number of benzene rings is 1. The van der Waals surface area contributed by atoms with Gasteiger partial charge in [-0.1, -0.05) is 11.6 Å². The highest BCUT2D eigenvalue weighted by atomic mass is 79.9. The average molecular weight is 293 g/mol. The number of aromatic nitrogens is 1. The number of hydrogen-bond donors (Lipinski definition) is 0. The Morgan fingerprint density at radius 2 is 2.21 bits per heavy atom. The molecule has 0 amide bonds. The molecule has 0 radical (unpaired) electrons. The van der Waals surface area contributed by atoms with Crippen LogP contribution in [-0.2, 0) is 0 Å². The number of halogens is 3. The van der Waals surface area contributed by atoms with Gasteiger partial charge in [-0.05, 0) is 34.1 Å². The zero-order chi connectivity index (χ0) is 10.1. The first-order chi connectivity index (χ1) is 6.66. The van der Waals surface area contributed by atoms with Gasteiger partial charge >= 0.3 is 0 Å². The lowest BCUT2D eigenvalue weighted by Gasteiger charge is -1.99. The van der Waals surface area contributed by atoms with E-state index >= 15 is 0 Å². The summed E-state index contributed by atoms with van der Waals surface area (Å²) in [6.07, 6.45) is 0. The van der Waals surface area contributed by atoms with Crippen LogP contribution in [0.2, 0.25) is 5.02 Å². The normalized spacial score (nSPS) is 10.5. The van der Waals surface area contributed by atoms with E-state index in [0.717, 1.165) is 4.60 Å². The van der Waals surface area contributed by atoms with Gasteiger partial charge in [0, 0.05) is 10.9 Å². The van der Waals surface area contributed by atoms with E-state index in [2.05, 4.69) is 20.9 Å². The topological polar surface area (TPSA) is 12.9 Å². The van der Waals surface area contributed by atoms with Gasteiger partial charge in [0.1, 0.15) is 15.4 Å². The predicted octanol–water partition coefficient (Wildman–Crippen LogP) is 4.37. The zero-order valence-corrected chi connectivity index (χ0v) is 9.96. The molecule has 0 aliphatic rings. The van der Waals surface area contributed by atoms with Crippen LogP contribution in [0.5, 0.6) is 0 Å². The van der Waals surface area contributed by atoms with Crippen LogP contribution in [0.3, 0.4) is 0 Å². The second-order valence-corrected chi connectivity index (χ2v) is 4.68. The van der Waals surface area contributed by atoms with Gasteiger partial charge in [0.25, 0.3) is 0 Å². The Hall–Kier alpha value is -0.450. The van der Waals surface area contributed by atoms with Crippen LogP contribution in [0, 0.1) is 5.82 Å². The third-order valence-electron chi connectivity index (χ3n) is 1.63. The second kappa shape index (κ2) is 3.96. The fraction of sp³-hybridized carbons (Fsp3) is 0. The maximum Gasteiger partial charge on any atom is 0.126 e. The number of nitrogens with zero attached hydrogens (tertiary/aromatic N) is 1. The minimum Gasteiger partial charge on any atom is -0.229 e. The van der Waals surface area contributed by atoms with E-state index in [-0.39, 0.29) is 5.82 Å². The Kier molecular flexibility index (Phi) is 2.85. The highest BCUT2D eigenvalue weighted by molar-refractivity contribution is 9.10. The quantitative estimate of drug-likeness (QED) is 0.761. The molecule has 1 heterocycles. The molecule has 14 heavy (non-hydrogen) atoms. The van der Waals surface area contributed by atoms with E-state index in [1.54, 1.807) is 0 Å². The molecule has 2 aromatic rings. The summed E-state index contributed by atoms with van der Waals surface area (Å²) in [6, 6.07) is 4.24. The van der Waals surface area contributed by atoms with Crippen molar-refractivity contribution in [3.63, 3.8) is 0 Å². The molecule has 1 aromatic heterocycles. The van der Waals surface area contributed by atoms with Crippen molar-refractivity contribution in [2.24, 2.45) is 0 Å². The molecule has 0 N–H and O–H groups in total. The summed E-state index contributed by atoms with van der Waals surface area (Å²) >= 11 is 10.6. The van der Waals surface area contributed by atoms with Gasteiger partial charge in [0.05, 0.1) is 5.02 Å². The van der Waals surface area contributed by atoms with Gasteiger partial charge in [-0.3, -0.25) is 0 Å². The summed E-state index contributed by atoms with van der Waals surface area (Å²) in [5, 5.41) is 3.05. The average Bonchev–Trinajstić information content (AvgIpc) is 2.56. The highest BCUT2D eigenvalue weighted by Crippen LogP contribution is 2.32. The Morgan fingerprint density at radius 1 is 1.43 bits per heavy atom. The monoisotopic (exact) mass is 291 g/mol. The summed E-state index contributed by atoms with van der Waals surface area (Å²) < 4.78 is 13.7. The molecule has 72 valence electrons. The van der Waals surface area contributed by atoms with Gasteiger partial charge in [0.15, 0.2) is 0 Å². The minimum atomic E-state index is -0.310. The lowest BCUT2D eigenvalue weighted by molar-refractivity contribution is 0.628. The van der Waals surface area contributed by atoms with Crippen molar-refractivity contribution in [2.75, 3.05) is 0 Å². The third kappa shape index (κ3) is 1.97. The van der Waals surface area contributed by atoms with Gasteiger partial charge in [-0.15, -0.1) is 11.3 Å². The van der Waals surface area contributed by atoms with E-state index in [4.69, 9.17) is 11.6 Å². The summed E-state index contributed by atoms with van der Waals surface area (Å²) in [5.41, 5.74) is 0.627. The predicted molar refractivity (Wildman–Crippen MR) is 60.2 cm³/mol. The van der Waals surface area contributed by atoms with Crippen LogP contribution in [0.15, 0.2) is 28.2 Å². The minimum absolute atomic E-state index is 0.310. The molecule has 0 aliphatic heterocycles. The molecule has 5 heteroatoms. The molecule has 1 aromatic carbocycles. The summed E-state index contributed by atoms with van der Waals surface area (Å²) in [4.78, 5) is 4.17. The molecule has 0 bridgehead atoms. The highest BCUT2D eigenvalue weighted by Gasteiger charge is 2.08. The van der Waals surface area contributed by atoms with Crippen molar-refractivity contribution in [1.82, 2.24) is 4.98 Å². The number of thiazole rings is 1. The van der Waals surface area contributed by atoms with Crippen LogP contribution in [0.1, 0.15) is 0 Å². The molecule has 0 spiro atoms. The molecule has 1 nitrogen and oxygen atoms in total. The van der Waals surface area contributed by atoms with Crippen molar-refractivity contribution in [3.8, 4) is 10.6 Å². The molecule has 0 fully saturated rings. The van der Waals surface area contributed by atoms with Crippen molar-refractivity contribution < 1.29 is 4.39 Å². The molecule has 0 saturated heterocycles. The SMILES string of the molecule is Fc1ccc(Cl)c(-c2nc(Br)cs2)c1. The van der Waals surface area contributed by atoms with E-state index in [0.29, 0.717) is 15.6 Å². The maximum absolute atomic E-state index is 12.9. The van der Waals surface area contributed by atoms with Crippen LogP contribution >= 0.6 is 38.9 Å². The Balaban J connectivity index is 2.55. The van der Waals surface area contributed by atoms with Gasteiger partial charge < -0.3 is 0 Å². The summed E-state index contributed by atoms with van der Waals surface area (Å²) in [7, 11) is 0. The van der Waals surface area contributed by atoms with Crippen LogP contribution in [-0.4, -0.2) is 4.98 Å². The lowest BCUT2D eigenvalue weighted by atomic mass is 10.2. The first kappa shape index (κ1) is 10.1. The Labute approximate surface area is 97.7 Å². The fourth-order valence-electron chi connectivity index (χ4n) is 1.04. The lowest BCUT2D eigenvalue weighted by Crippen LogP contribution is -1.80. The van der Waals surface area contributed by atoms with E-state index in [9.17, 15) is 4.39 Å². The summed E-state index contributed by atoms with van der Waals surface area (Å²) in [5.74, 6) is -0.310. The maximum atomic E-state index is 12.9. The van der Waals surface area contributed by atoms with Gasteiger partial charge in [-0.2, -0.15) is 0 Å². The smallest absolute Gasteiger partial charge is 0.126 e. The van der Waals surface area contributed by atoms with Crippen molar-refractivity contribution in [2.45, 2.75) is 0 Å². The van der Waals surface area contributed by atoms with E-state index < -0.39 is 0 Å². The first-order valence-corrected chi connectivity index (χ1v) is 5.78. The summed E-state index contributed by atoms with van der Waals surface area (Å²) in [6.45, 7) is 0. The largest absolute Gasteiger partial charge is 0.229 e. The molecular weight excluding hydrogens is 289 g/mol. The molecule has 0 atom stereocenters. The standard InChI is InChI=1S/C9H4BrClFNS/c10-8-4-14-9(13-8)6-3-5(12)1-2-7(6)11/h1-4H. The zero-order valence-electron chi connectivity index (χ0n) is 6.80. The second-order valence-electron chi connectivity index (χ2n) is 2.60. The van der Waals surface area contributed by atoms with E-state index in [1.165, 1.54) is 29.5 Å². The number of hydrogen-bond acceptors (Lipinski definition) is 2. The van der Waals surface area contributed by atoms with Crippen molar-refractivity contribution in [3.05, 3.63) is 39.0 Å². The Morgan fingerprint density at radius 3 is 2.86 bits per heavy atom. The van der Waals surface area contributed by atoms with Gasteiger partial charge in [0.2, 0.25) is 0 Å². The molecule has 2 rings (SSSR count). The van der Waals surface area contributed by atoms with Crippen molar-refractivity contribution in [1.29, 1.82) is 0 Å². The molecule has 0 saturated carbocycles. The molecular formula is C9H4BrClFNS. The molecule has 0 unspecified atom stereocenters. The van der Waals surface area contributed by atoms with Crippen LogP contribution < -0.4 is 0 Å². The first-order valence-electron chi connectivity index (χ1n) is 3.73.